The van der Waals surface area contributed by atoms with Gasteiger partial charge in [0.2, 0.25) is 5.91 Å². The third kappa shape index (κ3) is 5.04. The summed E-state index contributed by atoms with van der Waals surface area (Å²) in [5.74, 6) is -1.01. The monoisotopic (exact) mass is 426 g/mol. The number of nitrogens with zero attached hydrogens (tertiary/aromatic N) is 2. The van der Waals surface area contributed by atoms with Crippen LogP contribution in [0.3, 0.4) is 0 Å². The molecule has 0 aliphatic carbocycles. The molecule has 7 nitrogen and oxygen atoms in total. The first-order chi connectivity index (χ1) is 14.5. The summed E-state index contributed by atoms with van der Waals surface area (Å²) < 4.78 is 1.32. The number of carbonyl (C=O) groups excluding carboxylic acids is 2. The summed E-state index contributed by atoms with van der Waals surface area (Å²) in [7, 11) is 0. The number of aromatic nitrogens is 2. The standard InChI is InChI=1S/C22H23ClN4O3/c1-2-3-8-13-27-22(30)17-11-6-5-10-16(17)20(26-27)21(29)25-24-19(28)14-15-9-4-7-12-18(15)23/h4-7,9-12H,2-3,8,13-14H2,1H3,(H,24,28)(H,25,29). The van der Waals surface area contributed by atoms with E-state index in [2.05, 4.69) is 22.9 Å². The van der Waals surface area contributed by atoms with Crippen molar-refractivity contribution in [3.05, 3.63) is 75.2 Å². The van der Waals surface area contributed by atoms with Crippen LogP contribution in [-0.4, -0.2) is 21.6 Å². The molecule has 3 rings (SSSR count). The number of unbranched alkanes of at least 4 members (excludes halogenated alkanes) is 2. The number of nitrogens with one attached hydrogen (secondary N) is 2. The summed E-state index contributed by atoms with van der Waals surface area (Å²) in [4.78, 5) is 37.6. The summed E-state index contributed by atoms with van der Waals surface area (Å²) in [6.45, 7) is 2.50. The summed E-state index contributed by atoms with van der Waals surface area (Å²) in [6.07, 6.45) is 2.77. The highest BCUT2D eigenvalue weighted by molar-refractivity contribution is 6.31. The van der Waals surface area contributed by atoms with E-state index >= 15 is 0 Å². The molecule has 0 aliphatic rings. The summed E-state index contributed by atoms with van der Waals surface area (Å²) in [5, 5.41) is 5.60. The van der Waals surface area contributed by atoms with E-state index in [1.54, 1.807) is 48.5 Å². The number of amides is 2. The fourth-order valence-electron chi connectivity index (χ4n) is 3.11. The molecular formula is C22H23ClN4O3. The lowest BCUT2D eigenvalue weighted by molar-refractivity contribution is -0.121. The summed E-state index contributed by atoms with van der Waals surface area (Å²) in [5.41, 5.74) is 5.27. The maximum absolute atomic E-state index is 12.7. The molecule has 0 bridgehead atoms. The Morgan fingerprint density at radius 1 is 1.00 bits per heavy atom. The van der Waals surface area contributed by atoms with E-state index in [1.165, 1.54) is 4.68 Å². The average molecular weight is 427 g/mol. The number of rotatable bonds is 7. The number of aryl methyl sites for hydroxylation is 1. The Morgan fingerprint density at radius 2 is 1.70 bits per heavy atom. The number of halogens is 1. The fraction of sp³-hybridized carbons (Fsp3) is 0.273. The Balaban J connectivity index is 1.78. The quantitative estimate of drug-likeness (QED) is 0.448. The van der Waals surface area contributed by atoms with Gasteiger partial charge in [-0.25, -0.2) is 4.68 Å². The Hall–Kier alpha value is -3.19. The van der Waals surface area contributed by atoms with Gasteiger partial charge in [0.05, 0.1) is 11.8 Å². The maximum Gasteiger partial charge on any atom is 0.290 e. The molecule has 0 spiro atoms. The van der Waals surface area contributed by atoms with Gasteiger partial charge in [0, 0.05) is 17.0 Å². The van der Waals surface area contributed by atoms with Crippen molar-refractivity contribution in [2.24, 2.45) is 0 Å². The summed E-state index contributed by atoms with van der Waals surface area (Å²) in [6, 6.07) is 13.8. The maximum atomic E-state index is 12.7. The van der Waals surface area contributed by atoms with Crippen LogP contribution >= 0.6 is 11.6 Å². The Morgan fingerprint density at radius 3 is 2.43 bits per heavy atom. The Labute approximate surface area is 179 Å². The highest BCUT2D eigenvalue weighted by atomic mass is 35.5. The third-order valence-corrected chi connectivity index (χ3v) is 5.05. The number of fused-ring (bicyclic) bond motifs is 1. The van der Waals surface area contributed by atoms with E-state index in [9.17, 15) is 14.4 Å². The molecule has 8 heteroatoms. The van der Waals surface area contributed by atoms with Crippen molar-refractivity contribution in [3.8, 4) is 0 Å². The van der Waals surface area contributed by atoms with Gasteiger partial charge in [-0.2, -0.15) is 5.10 Å². The van der Waals surface area contributed by atoms with E-state index in [1.807, 2.05) is 0 Å². The molecule has 0 aliphatic heterocycles. The van der Waals surface area contributed by atoms with Crippen LogP contribution in [0.15, 0.2) is 53.3 Å². The van der Waals surface area contributed by atoms with E-state index in [0.717, 1.165) is 19.3 Å². The summed E-state index contributed by atoms with van der Waals surface area (Å²) >= 11 is 6.07. The van der Waals surface area contributed by atoms with Crippen molar-refractivity contribution in [2.45, 2.75) is 39.2 Å². The van der Waals surface area contributed by atoms with Crippen molar-refractivity contribution < 1.29 is 9.59 Å². The van der Waals surface area contributed by atoms with Crippen LogP contribution < -0.4 is 16.4 Å². The van der Waals surface area contributed by atoms with Gasteiger partial charge in [-0.1, -0.05) is 67.8 Å². The predicted octanol–water partition coefficient (Wildman–Crippen LogP) is 3.24. The molecule has 30 heavy (non-hydrogen) atoms. The van der Waals surface area contributed by atoms with Crippen LogP contribution in [0.1, 0.15) is 42.2 Å². The van der Waals surface area contributed by atoms with Crippen molar-refractivity contribution in [1.29, 1.82) is 0 Å². The molecule has 0 atom stereocenters. The topological polar surface area (TPSA) is 93.1 Å². The molecule has 3 aromatic rings. The molecule has 0 radical (unpaired) electrons. The van der Waals surface area contributed by atoms with Crippen LogP contribution in [0.2, 0.25) is 5.02 Å². The van der Waals surface area contributed by atoms with Crippen molar-refractivity contribution in [2.75, 3.05) is 0 Å². The van der Waals surface area contributed by atoms with Gasteiger partial charge in [0.15, 0.2) is 5.69 Å². The van der Waals surface area contributed by atoms with Crippen LogP contribution in [0.5, 0.6) is 0 Å². The minimum absolute atomic E-state index is 0.0185. The zero-order valence-electron chi connectivity index (χ0n) is 16.7. The van der Waals surface area contributed by atoms with E-state index < -0.39 is 11.8 Å². The molecule has 2 N–H and O–H groups in total. The van der Waals surface area contributed by atoms with Crippen molar-refractivity contribution >= 4 is 34.2 Å². The zero-order chi connectivity index (χ0) is 21.5. The lowest BCUT2D eigenvalue weighted by Gasteiger charge is -2.12. The van der Waals surface area contributed by atoms with Gasteiger partial charge in [-0.3, -0.25) is 25.2 Å². The zero-order valence-corrected chi connectivity index (χ0v) is 17.4. The first-order valence-electron chi connectivity index (χ1n) is 9.83. The number of carbonyl (C=O) groups is 2. The molecule has 1 aromatic heterocycles. The van der Waals surface area contributed by atoms with Crippen molar-refractivity contribution in [3.63, 3.8) is 0 Å². The van der Waals surface area contributed by atoms with Crippen LogP contribution in [0, 0.1) is 0 Å². The molecule has 156 valence electrons. The first kappa shape index (κ1) is 21.5. The highest BCUT2D eigenvalue weighted by Crippen LogP contribution is 2.15. The third-order valence-electron chi connectivity index (χ3n) is 4.68. The smallest absolute Gasteiger partial charge is 0.273 e. The second-order valence-electron chi connectivity index (χ2n) is 6.90. The second-order valence-corrected chi connectivity index (χ2v) is 7.31. The number of hydrogen-bond acceptors (Lipinski definition) is 4. The Kier molecular flexibility index (Phi) is 7.19. The lowest BCUT2D eigenvalue weighted by Crippen LogP contribution is -2.43. The molecule has 0 saturated carbocycles. The number of hydrazine groups is 1. The number of benzene rings is 2. The minimum atomic E-state index is -0.594. The number of hydrogen-bond donors (Lipinski definition) is 2. The van der Waals surface area contributed by atoms with E-state index in [4.69, 9.17) is 11.6 Å². The molecule has 2 amide bonds. The van der Waals surface area contributed by atoms with Crippen LogP contribution in [0.25, 0.3) is 10.8 Å². The fourth-order valence-corrected chi connectivity index (χ4v) is 3.31. The first-order valence-corrected chi connectivity index (χ1v) is 10.2. The van der Waals surface area contributed by atoms with Gasteiger partial charge in [0.1, 0.15) is 0 Å². The minimum Gasteiger partial charge on any atom is -0.273 e. The van der Waals surface area contributed by atoms with Gasteiger partial charge in [-0.15, -0.1) is 0 Å². The Bertz CT molecular complexity index is 1130. The van der Waals surface area contributed by atoms with E-state index in [0.29, 0.717) is 27.9 Å². The SMILES string of the molecule is CCCCCn1nc(C(=O)NNC(=O)Cc2ccccc2Cl)c2ccccc2c1=O. The van der Waals surface area contributed by atoms with Gasteiger partial charge < -0.3 is 0 Å². The van der Waals surface area contributed by atoms with Gasteiger partial charge in [0.25, 0.3) is 11.5 Å². The molecule has 1 heterocycles. The molecule has 0 unspecified atom stereocenters. The average Bonchev–Trinajstić information content (AvgIpc) is 2.75. The second kappa shape index (κ2) is 10.0. The largest absolute Gasteiger partial charge is 0.290 e. The molecule has 0 fully saturated rings. The van der Waals surface area contributed by atoms with Crippen LogP contribution in [-0.2, 0) is 17.8 Å². The highest BCUT2D eigenvalue weighted by Gasteiger charge is 2.17. The predicted molar refractivity (Wildman–Crippen MR) is 116 cm³/mol. The van der Waals surface area contributed by atoms with Gasteiger partial charge >= 0.3 is 0 Å². The van der Waals surface area contributed by atoms with Gasteiger partial charge in [-0.05, 0) is 24.1 Å². The lowest BCUT2D eigenvalue weighted by atomic mass is 10.1. The van der Waals surface area contributed by atoms with Crippen LogP contribution in [0.4, 0.5) is 0 Å². The molecular weight excluding hydrogens is 404 g/mol. The normalized spacial score (nSPS) is 10.7. The van der Waals surface area contributed by atoms with E-state index in [-0.39, 0.29) is 17.7 Å². The molecule has 0 saturated heterocycles. The molecule has 2 aromatic carbocycles. The van der Waals surface area contributed by atoms with Crippen molar-refractivity contribution in [1.82, 2.24) is 20.6 Å².